The molecule has 5 rings (SSSR count). The van der Waals surface area contributed by atoms with Crippen molar-refractivity contribution in [2.75, 3.05) is 28.6 Å². The third kappa shape index (κ3) is 5.74. The first-order chi connectivity index (χ1) is 16.2. The van der Waals surface area contributed by atoms with Gasteiger partial charge in [0.25, 0.3) is 0 Å². The quantitative estimate of drug-likeness (QED) is 0.505. The van der Waals surface area contributed by atoms with E-state index in [9.17, 15) is 0 Å². The topological polar surface area (TPSA) is 66.0 Å². The standard InChI is InChI=1S/C26H31ClN6/c27-22-12-10-19(11-13-22)18-28-24-30-25(29-23-16-20-8-4-5-9-21(20)17-23)32-26(31-24)33-14-6-2-1-3-7-15-33/h4-5,8-13,23H,1-3,6-7,14-18H2,(H2,28,29,30,31,32). The summed E-state index contributed by atoms with van der Waals surface area (Å²) in [5.41, 5.74) is 3.96. The Morgan fingerprint density at radius 1 is 0.788 bits per heavy atom. The number of nitrogens with one attached hydrogen (secondary N) is 2. The number of fused-ring (bicyclic) bond motifs is 1. The second kappa shape index (κ2) is 10.4. The van der Waals surface area contributed by atoms with Gasteiger partial charge in [0.1, 0.15) is 0 Å². The van der Waals surface area contributed by atoms with Gasteiger partial charge in [0.15, 0.2) is 0 Å². The van der Waals surface area contributed by atoms with Crippen molar-refractivity contribution in [3.8, 4) is 0 Å². The molecule has 33 heavy (non-hydrogen) atoms. The highest BCUT2D eigenvalue weighted by atomic mass is 35.5. The van der Waals surface area contributed by atoms with Crippen LogP contribution in [-0.2, 0) is 19.4 Å². The summed E-state index contributed by atoms with van der Waals surface area (Å²) in [5, 5.41) is 7.73. The van der Waals surface area contributed by atoms with Crippen LogP contribution in [0.25, 0.3) is 0 Å². The molecule has 1 saturated heterocycles. The molecule has 2 heterocycles. The van der Waals surface area contributed by atoms with Crippen LogP contribution in [0.1, 0.15) is 48.8 Å². The maximum Gasteiger partial charge on any atom is 0.231 e. The van der Waals surface area contributed by atoms with Gasteiger partial charge in [-0.25, -0.2) is 0 Å². The number of aromatic nitrogens is 3. The Balaban J connectivity index is 1.35. The average Bonchev–Trinajstić information content (AvgIpc) is 3.20. The minimum Gasteiger partial charge on any atom is -0.351 e. The highest BCUT2D eigenvalue weighted by molar-refractivity contribution is 6.30. The maximum atomic E-state index is 6.03. The summed E-state index contributed by atoms with van der Waals surface area (Å²) in [7, 11) is 0. The number of anilines is 3. The van der Waals surface area contributed by atoms with Crippen molar-refractivity contribution < 1.29 is 0 Å². The van der Waals surface area contributed by atoms with Crippen molar-refractivity contribution in [3.63, 3.8) is 0 Å². The van der Waals surface area contributed by atoms with Crippen LogP contribution in [0.5, 0.6) is 0 Å². The molecule has 6 nitrogen and oxygen atoms in total. The normalized spacial score (nSPS) is 16.7. The van der Waals surface area contributed by atoms with E-state index in [1.165, 1.54) is 43.2 Å². The minimum absolute atomic E-state index is 0.300. The predicted molar refractivity (Wildman–Crippen MR) is 135 cm³/mol. The Kier molecular flexibility index (Phi) is 6.91. The Morgan fingerprint density at radius 3 is 2.12 bits per heavy atom. The van der Waals surface area contributed by atoms with Gasteiger partial charge in [-0.15, -0.1) is 0 Å². The Labute approximate surface area is 200 Å². The Bertz CT molecular complexity index is 1040. The number of rotatable bonds is 6. The first-order valence-electron chi connectivity index (χ1n) is 12.1. The van der Waals surface area contributed by atoms with Crippen LogP contribution < -0.4 is 15.5 Å². The highest BCUT2D eigenvalue weighted by Gasteiger charge is 2.23. The van der Waals surface area contributed by atoms with Crippen LogP contribution in [-0.4, -0.2) is 34.1 Å². The molecule has 1 aliphatic heterocycles. The molecule has 0 spiro atoms. The first-order valence-corrected chi connectivity index (χ1v) is 12.4. The molecule has 2 aliphatic rings. The van der Waals surface area contributed by atoms with E-state index in [-0.39, 0.29) is 0 Å². The number of benzene rings is 2. The Hall–Kier alpha value is -2.86. The zero-order valence-corrected chi connectivity index (χ0v) is 19.7. The number of hydrogen-bond donors (Lipinski definition) is 2. The van der Waals surface area contributed by atoms with Crippen molar-refractivity contribution >= 4 is 29.4 Å². The molecule has 3 aromatic rings. The summed E-state index contributed by atoms with van der Waals surface area (Å²) in [6, 6.07) is 16.8. The lowest BCUT2D eigenvalue weighted by molar-refractivity contribution is 0.550. The zero-order valence-electron chi connectivity index (χ0n) is 18.9. The first kappa shape index (κ1) is 22.0. The van der Waals surface area contributed by atoms with E-state index < -0.39 is 0 Å². The molecule has 1 fully saturated rings. The van der Waals surface area contributed by atoms with Gasteiger partial charge in [-0.3, -0.25) is 0 Å². The Morgan fingerprint density at radius 2 is 1.42 bits per heavy atom. The zero-order chi connectivity index (χ0) is 22.5. The summed E-state index contributed by atoms with van der Waals surface area (Å²) >= 11 is 6.03. The van der Waals surface area contributed by atoms with E-state index in [0.717, 1.165) is 42.5 Å². The molecule has 1 aliphatic carbocycles. The van der Waals surface area contributed by atoms with Crippen molar-refractivity contribution in [1.29, 1.82) is 0 Å². The molecular weight excluding hydrogens is 432 g/mol. The van der Waals surface area contributed by atoms with E-state index in [1.54, 1.807) is 0 Å². The predicted octanol–water partition coefficient (Wildman–Crippen LogP) is 5.49. The number of nitrogens with zero attached hydrogens (tertiary/aromatic N) is 4. The second-order valence-corrected chi connectivity index (χ2v) is 9.47. The summed E-state index contributed by atoms with van der Waals surface area (Å²) in [6.07, 6.45) is 8.22. The fourth-order valence-electron chi connectivity index (χ4n) is 4.72. The summed E-state index contributed by atoms with van der Waals surface area (Å²) < 4.78 is 0. The van der Waals surface area contributed by atoms with E-state index in [1.807, 2.05) is 24.3 Å². The van der Waals surface area contributed by atoms with Crippen LogP contribution in [0.15, 0.2) is 48.5 Å². The van der Waals surface area contributed by atoms with Gasteiger partial charge in [-0.2, -0.15) is 15.0 Å². The SMILES string of the molecule is Clc1ccc(CNc2nc(NC3Cc4ccccc4C3)nc(N3CCCCCCC3)n2)cc1. The fourth-order valence-corrected chi connectivity index (χ4v) is 4.85. The molecule has 0 radical (unpaired) electrons. The largest absolute Gasteiger partial charge is 0.351 e. The van der Waals surface area contributed by atoms with Crippen LogP contribution >= 0.6 is 11.6 Å². The summed E-state index contributed by atoms with van der Waals surface area (Å²) in [6.45, 7) is 2.62. The third-order valence-electron chi connectivity index (χ3n) is 6.51. The second-order valence-electron chi connectivity index (χ2n) is 9.04. The van der Waals surface area contributed by atoms with Gasteiger partial charge in [0, 0.05) is 30.7 Å². The van der Waals surface area contributed by atoms with Crippen molar-refractivity contribution in [1.82, 2.24) is 15.0 Å². The summed E-state index contributed by atoms with van der Waals surface area (Å²) in [4.78, 5) is 16.7. The van der Waals surface area contributed by atoms with Crippen LogP contribution in [0.4, 0.5) is 17.8 Å². The molecule has 0 amide bonds. The van der Waals surface area contributed by atoms with Gasteiger partial charge in [0.05, 0.1) is 0 Å². The molecule has 172 valence electrons. The molecule has 1 aromatic heterocycles. The van der Waals surface area contributed by atoms with Gasteiger partial charge in [-0.1, -0.05) is 67.3 Å². The van der Waals surface area contributed by atoms with E-state index in [4.69, 9.17) is 26.6 Å². The van der Waals surface area contributed by atoms with Crippen LogP contribution in [0, 0.1) is 0 Å². The van der Waals surface area contributed by atoms with Crippen molar-refractivity contribution in [3.05, 3.63) is 70.2 Å². The van der Waals surface area contributed by atoms with Gasteiger partial charge in [0.2, 0.25) is 17.8 Å². The van der Waals surface area contributed by atoms with E-state index in [2.05, 4.69) is 39.8 Å². The smallest absolute Gasteiger partial charge is 0.231 e. The number of hydrogen-bond acceptors (Lipinski definition) is 6. The molecule has 0 bridgehead atoms. The summed E-state index contributed by atoms with van der Waals surface area (Å²) in [5.74, 6) is 2.03. The molecule has 2 N–H and O–H groups in total. The highest BCUT2D eigenvalue weighted by Crippen LogP contribution is 2.25. The molecule has 2 aromatic carbocycles. The molecule has 0 unspecified atom stereocenters. The third-order valence-corrected chi connectivity index (χ3v) is 6.76. The van der Waals surface area contributed by atoms with Crippen LogP contribution in [0.2, 0.25) is 5.02 Å². The van der Waals surface area contributed by atoms with E-state index in [0.29, 0.717) is 24.5 Å². The lowest BCUT2D eigenvalue weighted by Gasteiger charge is -2.25. The monoisotopic (exact) mass is 462 g/mol. The van der Waals surface area contributed by atoms with Gasteiger partial charge in [-0.05, 0) is 54.5 Å². The van der Waals surface area contributed by atoms with E-state index >= 15 is 0 Å². The average molecular weight is 463 g/mol. The van der Waals surface area contributed by atoms with Crippen molar-refractivity contribution in [2.24, 2.45) is 0 Å². The van der Waals surface area contributed by atoms with Crippen LogP contribution in [0.3, 0.4) is 0 Å². The molecular formula is C26H31ClN6. The van der Waals surface area contributed by atoms with Gasteiger partial charge >= 0.3 is 0 Å². The maximum absolute atomic E-state index is 6.03. The van der Waals surface area contributed by atoms with Crippen molar-refractivity contribution in [2.45, 2.75) is 57.5 Å². The molecule has 0 atom stereocenters. The lowest BCUT2D eigenvalue weighted by Crippen LogP contribution is -2.30. The minimum atomic E-state index is 0.300. The molecule has 7 heteroatoms. The number of halogens is 1. The lowest BCUT2D eigenvalue weighted by atomic mass is 10.1. The fraction of sp³-hybridized carbons (Fsp3) is 0.423. The van der Waals surface area contributed by atoms with Gasteiger partial charge < -0.3 is 15.5 Å². The molecule has 0 saturated carbocycles.